The number of nitrogens with zero attached hydrogens (tertiary/aromatic N) is 1. The zero-order chi connectivity index (χ0) is 22.0. The number of nitrogens with one attached hydrogen (secondary N) is 2. The molecule has 1 fully saturated rings. The van der Waals surface area contributed by atoms with Gasteiger partial charge in [-0.3, -0.25) is 14.9 Å². The molecule has 1 amide bonds. The maximum Gasteiger partial charge on any atom is 0.269 e. The van der Waals surface area contributed by atoms with Crippen molar-refractivity contribution in [2.24, 2.45) is 0 Å². The maximum atomic E-state index is 12.9. The fourth-order valence-electron chi connectivity index (χ4n) is 4.16. The third-order valence-electron chi connectivity index (χ3n) is 5.91. The number of fused-ring (bicyclic) bond motifs is 1. The van der Waals surface area contributed by atoms with Gasteiger partial charge < -0.3 is 15.0 Å². The van der Waals surface area contributed by atoms with Crippen LogP contribution < -0.4 is 5.32 Å². The van der Waals surface area contributed by atoms with Crippen LogP contribution in [0.15, 0.2) is 48.7 Å². The number of nitro benzene ring substituents is 1. The van der Waals surface area contributed by atoms with Gasteiger partial charge in [0, 0.05) is 59.7 Å². The van der Waals surface area contributed by atoms with Crippen molar-refractivity contribution in [1.82, 2.24) is 10.3 Å². The molecule has 7 nitrogen and oxygen atoms in total. The van der Waals surface area contributed by atoms with E-state index < -0.39 is 4.92 Å². The molecule has 4 rings (SSSR count). The smallest absolute Gasteiger partial charge is 0.269 e. The number of ether oxygens (including phenoxy) is 1. The van der Waals surface area contributed by atoms with Crippen LogP contribution in [0, 0.1) is 10.1 Å². The second-order valence-electron chi connectivity index (χ2n) is 8.22. The first-order valence-corrected chi connectivity index (χ1v) is 10.6. The summed E-state index contributed by atoms with van der Waals surface area (Å²) in [6, 6.07) is 11.9. The first-order chi connectivity index (χ1) is 14.8. The molecule has 0 radical (unpaired) electrons. The number of rotatable bonds is 7. The van der Waals surface area contributed by atoms with Gasteiger partial charge in [-0.05, 0) is 49.1 Å². The van der Waals surface area contributed by atoms with Crippen molar-refractivity contribution in [3.63, 3.8) is 0 Å². The number of nitro groups is 1. The number of hydrogen-bond donors (Lipinski definition) is 2. The summed E-state index contributed by atoms with van der Waals surface area (Å²) >= 11 is 6.22. The van der Waals surface area contributed by atoms with Crippen LogP contribution in [0.5, 0.6) is 0 Å². The van der Waals surface area contributed by atoms with E-state index in [4.69, 9.17) is 16.3 Å². The van der Waals surface area contributed by atoms with Crippen LogP contribution in [-0.4, -0.2) is 34.6 Å². The molecule has 0 spiro atoms. The van der Waals surface area contributed by atoms with E-state index in [9.17, 15) is 14.9 Å². The third kappa shape index (κ3) is 4.73. The van der Waals surface area contributed by atoms with E-state index >= 15 is 0 Å². The molecule has 2 atom stereocenters. The first-order valence-electron chi connectivity index (χ1n) is 10.3. The molecule has 1 saturated heterocycles. The van der Waals surface area contributed by atoms with Gasteiger partial charge in [0.2, 0.25) is 5.91 Å². The standard InChI is InChI=1S/C23H24ClN3O4/c1-23(9-2-10-31-23)14-26-22(28)12-18(15-3-6-17(7-4-15)27(29)30)20-13-25-21-8-5-16(24)11-19(20)21/h3-8,11,13,18,25H,2,9-10,12,14H2,1H3,(H,26,28)/t18-,23-/m0/s1. The van der Waals surface area contributed by atoms with Crippen LogP contribution >= 0.6 is 11.6 Å². The lowest BCUT2D eigenvalue weighted by molar-refractivity contribution is -0.384. The van der Waals surface area contributed by atoms with Gasteiger partial charge in [0.05, 0.1) is 10.5 Å². The molecule has 31 heavy (non-hydrogen) atoms. The van der Waals surface area contributed by atoms with Crippen LogP contribution in [0.4, 0.5) is 5.69 Å². The van der Waals surface area contributed by atoms with Gasteiger partial charge in [-0.15, -0.1) is 0 Å². The lowest BCUT2D eigenvalue weighted by Gasteiger charge is -2.24. The number of H-pyrrole nitrogens is 1. The number of non-ortho nitro benzene ring substituents is 1. The van der Waals surface area contributed by atoms with E-state index in [1.165, 1.54) is 12.1 Å². The molecule has 2 N–H and O–H groups in total. The number of aromatic nitrogens is 1. The SMILES string of the molecule is C[C@@]1(CNC(=O)C[C@@H](c2ccc([N+](=O)[O-])cc2)c2c[nH]c3ccc(Cl)cc23)CCCO1. The molecule has 162 valence electrons. The van der Waals surface area contributed by atoms with E-state index in [1.807, 2.05) is 25.3 Å². The summed E-state index contributed by atoms with van der Waals surface area (Å²) in [5, 5.41) is 15.6. The predicted molar refractivity (Wildman–Crippen MR) is 119 cm³/mol. The first kappa shape index (κ1) is 21.3. The summed E-state index contributed by atoms with van der Waals surface area (Å²) in [5.74, 6) is -0.387. The minimum absolute atomic E-state index is 0.0141. The molecule has 2 heterocycles. The molecule has 0 bridgehead atoms. The molecule has 8 heteroatoms. The summed E-state index contributed by atoms with van der Waals surface area (Å²) in [6.07, 6.45) is 3.99. The van der Waals surface area contributed by atoms with E-state index in [-0.39, 0.29) is 29.5 Å². The molecule has 2 aromatic carbocycles. The minimum atomic E-state index is -0.431. The highest BCUT2D eigenvalue weighted by molar-refractivity contribution is 6.31. The summed E-state index contributed by atoms with van der Waals surface area (Å²) in [4.78, 5) is 26.7. The molecular formula is C23H24ClN3O4. The van der Waals surface area contributed by atoms with Crippen molar-refractivity contribution >= 4 is 34.1 Å². The van der Waals surface area contributed by atoms with E-state index in [0.717, 1.165) is 34.9 Å². The average Bonchev–Trinajstić information content (AvgIpc) is 3.37. The van der Waals surface area contributed by atoms with Crippen LogP contribution in [-0.2, 0) is 9.53 Å². The summed E-state index contributed by atoms with van der Waals surface area (Å²) in [7, 11) is 0. The quantitative estimate of drug-likeness (QED) is 0.401. The molecule has 1 aromatic heterocycles. The predicted octanol–water partition coefficient (Wildman–Crippen LogP) is 4.94. The highest BCUT2D eigenvalue weighted by Gasteiger charge is 2.30. The molecule has 0 unspecified atom stereocenters. The van der Waals surface area contributed by atoms with E-state index in [2.05, 4.69) is 10.3 Å². The van der Waals surface area contributed by atoms with Crippen molar-refractivity contribution in [2.45, 2.75) is 37.7 Å². The topological polar surface area (TPSA) is 97.3 Å². The van der Waals surface area contributed by atoms with Crippen molar-refractivity contribution < 1.29 is 14.5 Å². The largest absolute Gasteiger partial charge is 0.373 e. The van der Waals surface area contributed by atoms with Crippen molar-refractivity contribution in [2.75, 3.05) is 13.2 Å². The van der Waals surface area contributed by atoms with Gasteiger partial charge >= 0.3 is 0 Å². The number of amides is 1. The van der Waals surface area contributed by atoms with Gasteiger partial charge in [-0.25, -0.2) is 0 Å². The van der Waals surface area contributed by atoms with Crippen molar-refractivity contribution in [3.8, 4) is 0 Å². The summed E-state index contributed by atoms with van der Waals surface area (Å²) in [5.41, 5.74) is 2.35. The maximum absolute atomic E-state index is 12.9. The van der Waals surface area contributed by atoms with Crippen LogP contribution in [0.1, 0.15) is 43.2 Å². The Labute approximate surface area is 184 Å². The van der Waals surface area contributed by atoms with Crippen LogP contribution in [0.3, 0.4) is 0 Å². The molecular weight excluding hydrogens is 418 g/mol. The Bertz CT molecular complexity index is 1100. The average molecular weight is 442 g/mol. The Morgan fingerprint density at radius 2 is 2.10 bits per heavy atom. The van der Waals surface area contributed by atoms with Gasteiger partial charge in [-0.2, -0.15) is 0 Å². The Kier molecular flexibility index (Phi) is 5.98. The number of benzene rings is 2. The molecule has 1 aliphatic heterocycles. The Hall–Kier alpha value is -2.90. The fourth-order valence-corrected chi connectivity index (χ4v) is 4.33. The molecule has 3 aromatic rings. The van der Waals surface area contributed by atoms with Crippen molar-refractivity contribution in [1.29, 1.82) is 0 Å². The van der Waals surface area contributed by atoms with Gasteiger partial charge in [0.25, 0.3) is 5.69 Å². The Balaban J connectivity index is 1.62. The number of carbonyl (C=O) groups excluding carboxylic acids is 1. The lowest BCUT2D eigenvalue weighted by Crippen LogP contribution is -2.40. The normalized spacial score (nSPS) is 19.4. The minimum Gasteiger partial charge on any atom is -0.373 e. The summed E-state index contributed by atoms with van der Waals surface area (Å²) in [6.45, 7) is 3.18. The second kappa shape index (κ2) is 8.69. The highest BCUT2D eigenvalue weighted by atomic mass is 35.5. The summed E-state index contributed by atoms with van der Waals surface area (Å²) < 4.78 is 5.76. The van der Waals surface area contributed by atoms with Gasteiger partial charge in [-0.1, -0.05) is 23.7 Å². The van der Waals surface area contributed by atoms with Crippen molar-refractivity contribution in [3.05, 3.63) is 74.9 Å². The number of halogens is 1. The highest BCUT2D eigenvalue weighted by Crippen LogP contribution is 2.35. The van der Waals surface area contributed by atoms with Gasteiger partial charge in [0.1, 0.15) is 0 Å². The Morgan fingerprint density at radius 1 is 1.32 bits per heavy atom. The lowest BCUT2D eigenvalue weighted by atomic mass is 9.87. The van der Waals surface area contributed by atoms with Crippen LogP contribution in [0.2, 0.25) is 5.02 Å². The van der Waals surface area contributed by atoms with E-state index in [0.29, 0.717) is 18.2 Å². The van der Waals surface area contributed by atoms with Gasteiger partial charge in [0.15, 0.2) is 0 Å². The third-order valence-corrected chi connectivity index (χ3v) is 6.14. The molecule has 1 aliphatic rings. The zero-order valence-electron chi connectivity index (χ0n) is 17.2. The monoisotopic (exact) mass is 441 g/mol. The number of carbonyl (C=O) groups is 1. The molecule has 0 saturated carbocycles. The number of aromatic amines is 1. The molecule has 0 aliphatic carbocycles. The van der Waals surface area contributed by atoms with E-state index in [1.54, 1.807) is 18.2 Å². The fraction of sp³-hybridized carbons (Fsp3) is 0.348. The number of hydrogen-bond acceptors (Lipinski definition) is 4. The zero-order valence-corrected chi connectivity index (χ0v) is 17.9. The Morgan fingerprint density at radius 3 is 2.77 bits per heavy atom. The van der Waals surface area contributed by atoms with Crippen LogP contribution in [0.25, 0.3) is 10.9 Å². The second-order valence-corrected chi connectivity index (χ2v) is 8.65.